The molecule has 0 N–H and O–H groups in total. The van der Waals surface area contributed by atoms with Gasteiger partial charge in [-0.3, -0.25) is 14.2 Å². The molecule has 0 spiro atoms. The predicted molar refractivity (Wildman–Crippen MR) is 277 cm³/mol. The van der Waals surface area contributed by atoms with Crippen LogP contribution in [0.15, 0.2) is 122 Å². The van der Waals surface area contributed by atoms with Crippen molar-refractivity contribution in [2.45, 2.75) is 174 Å². The molecule has 0 bridgehead atoms. The van der Waals surface area contributed by atoms with E-state index in [1.807, 2.05) is 27.2 Å². The summed E-state index contributed by atoms with van der Waals surface area (Å²) in [5, 5.41) is 0. The number of quaternary nitrogens is 1. The van der Waals surface area contributed by atoms with E-state index in [9.17, 15) is 19.0 Å². The van der Waals surface area contributed by atoms with Gasteiger partial charge in [0.1, 0.15) is 19.8 Å². The lowest BCUT2D eigenvalue weighted by atomic mass is 10.1. The Morgan fingerprint density at radius 2 is 0.879 bits per heavy atom. The minimum atomic E-state index is -4.65. The minimum Gasteiger partial charge on any atom is -0.756 e. The van der Waals surface area contributed by atoms with E-state index in [-0.39, 0.29) is 26.1 Å². The van der Waals surface area contributed by atoms with Crippen molar-refractivity contribution in [3.05, 3.63) is 122 Å². The molecule has 66 heavy (non-hydrogen) atoms. The number of allylic oxidation sites excluding steroid dienone is 20. The first-order chi connectivity index (χ1) is 32.0. The van der Waals surface area contributed by atoms with Gasteiger partial charge in [0.2, 0.25) is 0 Å². The molecule has 0 aliphatic heterocycles. The summed E-state index contributed by atoms with van der Waals surface area (Å²) < 4.78 is 33.9. The van der Waals surface area contributed by atoms with Gasteiger partial charge in [0.05, 0.1) is 27.7 Å². The first-order valence-electron chi connectivity index (χ1n) is 25.2. The number of nitrogens with zero attached hydrogens (tertiary/aromatic N) is 1. The average Bonchev–Trinajstić information content (AvgIpc) is 3.27. The molecule has 0 saturated heterocycles. The van der Waals surface area contributed by atoms with Gasteiger partial charge in [-0.25, -0.2) is 0 Å². The van der Waals surface area contributed by atoms with Crippen LogP contribution in [0.3, 0.4) is 0 Å². The number of ether oxygens (including phenoxy) is 2. The number of hydrogen-bond acceptors (Lipinski definition) is 8. The van der Waals surface area contributed by atoms with E-state index >= 15 is 0 Å². The van der Waals surface area contributed by atoms with Crippen LogP contribution in [0.1, 0.15) is 168 Å². The molecule has 0 amide bonds. The molecule has 0 aromatic rings. The summed E-state index contributed by atoms with van der Waals surface area (Å²) in [6.07, 6.45) is 65.3. The van der Waals surface area contributed by atoms with Gasteiger partial charge in [0, 0.05) is 12.8 Å². The van der Waals surface area contributed by atoms with Crippen LogP contribution in [0.4, 0.5) is 0 Å². The molecular weight excluding hydrogens is 846 g/mol. The smallest absolute Gasteiger partial charge is 0.306 e. The Morgan fingerprint density at radius 1 is 0.485 bits per heavy atom. The maximum atomic E-state index is 12.7. The third kappa shape index (κ3) is 49.8. The molecule has 0 aliphatic rings. The SMILES string of the molecule is CC/C=C\C/C=C\C/C=C\C/C=C\C/C=C\C/C=C\C/C=C\C/C=C\C/C=C\CCCC(=O)OC(COC(=O)CCCCCCC/C=C\CCCCCC)COP(=O)([O-])OCC[N+](C)(C)C. The van der Waals surface area contributed by atoms with Crippen molar-refractivity contribution in [1.82, 2.24) is 0 Å². The van der Waals surface area contributed by atoms with Crippen LogP contribution in [0.25, 0.3) is 0 Å². The lowest BCUT2D eigenvalue weighted by Crippen LogP contribution is -2.37. The van der Waals surface area contributed by atoms with Gasteiger partial charge in [-0.15, -0.1) is 0 Å². The van der Waals surface area contributed by atoms with E-state index in [0.29, 0.717) is 30.3 Å². The Labute approximate surface area is 403 Å². The molecule has 0 heterocycles. The van der Waals surface area contributed by atoms with Crippen molar-refractivity contribution < 1.29 is 42.1 Å². The van der Waals surface area contributed by atoms with Crippen molar-refractivity contribution in [1.29, 1.82) is 0 Å². The zero-order valence-corrected chi connectivity index (χ0v) is 43.0. The topological polar surface area (TPSA) is 111 Å². The van der Waals surface area contributed by atoms with E-state index in [2.05, 4.69) is 129 Å². The number of phosphoric acid groups is 1. The molecule has 10 heteroatoms. The summed E-state index contributed by atoms with van der Waals surface area (Å²) in [5.74, 6) is -0.926. The number of hydrogen-bond donors (Lipinski definition) is 0. The molecule has 374 valence electrons. The highest BCUT2D eigenvalue weighted by Crippen LogP contribution is 2.38. The molecule has 2 atom stereocenters. The number of carbonyl (C=O) groups excluding carboxylic acids is 2. The molecule has 0 radical (unpaired) electrons. The maximum absolute atomic E-state index is 12.7. The van der Waals surface area contributed by atoms with Gasteiger partial charge in [-0.05, 0) is 103 Å². The van der Waals surface area contributed by atoms with E-state index in [1.165, 1.54) is 32.1 Å². The highest BCUT2D eigenvalue weighted by Gasteiger charge is 2.21. The van der Waals surface area contributed by atoms with Gasteiger partial charge in [-0.2, -0.15) is 0 Å². The van der Waals surface area contributed by atoms with E-state index in [0.717, 1.165) is 89.9 Å². The summed E-state index contributed by atoms with van der Waals surface area (Å²) >= 11 is 0. The predicted octanol–water partition coefficient (Wildman–Crippen LogP) is 14.6. The Balaban J connectivity index is 4.39. The summed E-state index contributed by atoms with van der Waals surface area (Å²) in [7, 11) is 1.10. The summed E-state index contributed by atoms with van der Waals surface area (Å²) in [6, 6.07) is 0. The summed E-state index contributed by atoms with van der Waals surface area (Å²) in [4.78, 5) is 37.6. The normalized spacial score (nSPS) is 14.5. The molecule has 0 aromatic heterocycles. The molecule has 0 aliphatic carbocycles. The quantitative estimate of drug-likeness (QED) is 0.0195. The second-order valence-corrected chi connectivity index (χ2v) is 18.9. The van der Waals surface area contributed by atoms with Crippen LogP contribution in [-0.2, 0) is 32.7 Å². The van der Waals surface area contributed by atoms with E-state index in [1.54, 1.807) is 0 Å². The second kappa shape index (κ2) is 46.5. The van der Waals surface area contributed by atoms with E-state index < -0.39 is 32.5 Å². The zero-order chi connectivity index (χ0) is 48.5. The van der Waals surface area contributed by atoms with Gasteiger partial charge in [0.15, 0.2) is 6.10 Å². The van der Waals surface area contributed by atoms with Crippen LogP contribution in [0.2, 0.25) is 0 Å². The lowest BCUT2D eigenvalue weighted by molar-refractivity contribution is -0.870. The number of likely N-dealkylation sites (N-methyl/N-ethyl adjacent to an activating group) is 1. The summed E-state index contributed by atoms with van der Waals surface area (Å²) in [6.45, 7) is 3.99. The maximum Gasteiger partial charge on any atom is 0.306 e. The van der Waals surface area contributed by atoms with Crippen LogP contribution in [-0.4, -0.2) is 70.0 Å². The van der Waals surface area contributed by atoms with Gasteiger partial charge >= 0.3 is 11.9 Å². The van der Waals surface area contributed by atoms with Crippen molar-refractivity contribution in [3.63, 3.8) is 0 Å². The fraction of sp³-hybridized carbons (Fsp3) is 0.607. The number of rotatable bonds is 44. The van der Waals surface area contributed by atoms with Gasteiger partial charge in [0.25, 0.3) is 7.82 Å². The molecule has 0 rings (SSSR count). The number of esters is 2. The van der Waals surface area contributed by atoms with Crippen molar-refractivity contribution >= 4 is 19.8 Å². The standard InChI is InChI=1S/C56H92NO8P/c1-6-8-10-12-14-16-18-20-21-22-23-24-25-26-27-28-29-30-31-32-33-34-35-37-39-41-43-45-47-49-56(59)65-54(53-64-66(60,61)63-51-50-57(3,4)5)52-62-55(58)48-46-44-42-40-38-36-19-17-15-13-11-9-7-2/h8,10,14,16-17,19-21,23-24,26-27,29-30,32-33,35,37,41,43,54H,6-7,9,11-13,15,18,22,25,28,31,34,36,38-40,42,44-53H2,1-5H3/b10-8-,16-14-,19-17-,21-20-,24-23-,27-26-,30-29-,33-32-,37-35-,43-41-. The summed E-state index contributed by atoms with van der Waals surface area (Å²) in [5.41, 5.74) is 0. The third-order valence-corrected chi connectivity index (χ3v) is 10.9. The third-order valence-electron chi connectivity index (χ3n) is 9.97. The monoisotopic (exact) mass is 938 g/mol. The van der Waals surface area contributed by atoms with Crippen LogP contribution < -0.4 is 4.89 Å². The molecule has 0 fully saturated rings. The fourth-order valence-corrected chi connectivity index (χ4v) is 6.79. The Kier molecular flexibility index (Phi) is 44.0. The lowest BCUT2D eigenvalue weighted by Gasteiger charge is -2.28. The second-order valence-electron chi connectivity index (χ2n) is 17.4. The number of unbranched alkanes of at least 4 members (excludes halogenated alkanes) is 10. The van der Waals surface area contributed by atoms with Crippen molar-refractivity contribution in [2.24, 2.45) is 0 Å². The zero-order valence-electron chi connectivity index (χ0n) is 42.1. The Bertz CT molecular complexity index is 1530. The highest BCUT2D eigenvalue weighted by atomic mass is 31.2. The van der Waals surface area contributed by atoms with E-state index in [4.69, 9.17) is 18.5 Å². The first-order valence-corrected chi connectivity index (χ1v) is 26.7. The Morgan fingerprint density at radius 3 is 1.35 bits per heavy atom. The van der Waals surface area contributed by atoms with Gasteiger partial charge < -0.3 is 27.9 Å². The van der Waals surface area contributed by atoms with Crippen LogP contribution in [0, 0.1) is 0 Å². The average molecular weight is 938 g/mol. The first kappa shape index (κ1) is 62.4. The minimum absolute atomic E-state index is 0.0500. The van der Waals surface area contributed by atoms with Crippen LogP contribution in [0.5, 0.6) is 0 Å². The molecular formula is C56H92NO8P. The molecule has 0 aromatic carbocycles. The molecule has 2 unspecified atom stereocenters. The van der Waals surface area contributed by atoms with Gasteiger partial charge in [-0.1, -0.05) is 174 Å². The van der Waals surface area contributed by atoms with Crippen molar-refractivity contribution in [2.75, 3.05) is 47.5 Å². The largest absolute Gasteiger partial charge is 0.756 e. The Hall–Kier alpha value is -3.59. The highest BCUT2D eigenvalue weighted by molar-refractivity contribution is 7.45. The molecule has 9 nitrogen and oxygen atoms in total. The number of phosphoric ester groups is 1. The number of carbonyl (C=O) groups is 2. The van der Waals surface area contributed by atoms with Crippen molar-refractivity contribution in [3.8, 4) is 0 Å². The molecule has 0 saturated carbocycles. The van der Waals surface area contributed by atoms with Crippen LogP contribution >= 0.6 is 7.82 Å². The fourth-order valence-electron chi connectivity index (χ4n) is 6.06.